The van der Waals surface area contributed by atoms with Gasteiger partial charge in [-0.3, -0.25) is 14.3 Å². The molecule has 0 bridgehead atoms. The van der Waals surface area contributed by atoms with Gasteiger partial charge in [0, 0.05) is 20.0 Å². The number of ether oxygens (including phenoxy) is 1. The summed E-state index contributed by atoms with van der Waals surface area (Å²) in [5.41, 5.74) is 2.72. The highest BCUT2D eigenvalue weighted by Crippen LogP contribution is 2.22. The zero-order valence-electron chi connectivity index (χ0n) is 16.7. The first-order chi connectivity index (χ1) is 13.4. The Balaban J connectivity index is 1.54. The highest BCUT2D eigenvalue weighted by atomic mass is 16.5. The first-order valence-electron chi connectivity index (χ1n) is 9.73. The van der Waals surface area contributed by atoms with E-state index in [1.807, 2.05) is 42.8 Å². The average Bonchev–Trinajstić information content (AvgIpc) is 3.09. The molecule has 2 amide bonds. The molecule has 0 fully saturated rings. The standard InChI is InChI=1S/C21H28N4O3/c1-14-4-6-18(7-5-14)28-15(2)11-23-21(27)19-13-24-25-9-8-17(10-20(19)25)12-22-16(3)26/h4-7,13,15,17H,8-12H2,1-3H3,(H,22,26)(H,23,27)/t15-,17+/m0/s1. The van der Waals surface area contributed by atoms with Gasteiger partial charge in [-0.2, -0.15) is 5.10 Å². The normalized spacial score (nSPS) is 16.8. The first kappa shape index (κ1) is 19.9. The fraction of sp³-hybridized carbons (Fsp3) is 0.476. The number of amides is 2. The van der Waals surface area contributed by atoms with Gasteiger partial charge >= 0.3 is 0 Å². The van der Waals surface area contributed by atoms with Gasteiger partial charge < -0.3 is 15.4 Å². The van der Waals surface area contributed by atoms with Crippen LogP contribution < -0.4 is 15.4 Å². The van der Waals surface area contributed by atoms with Crippen molar-refractivity contribution in [1.82, 2.24) is 20.4 Å². The zero-order chi connectivity index (χ0) is 20.1. The van der Waals surface area contributed by atoms with Gasteiger partial charge in [0.1, 0.15) is 11.9 Å². The van der Waals surface area contributed by atoms with E-state index in [0.29, 0.717) is 24.6 Å². The third kappa shape index (κ3) is 5.12. The SMILES string of the molecule is CC(=O)NC[C@@H]1CCn2ncc(C(=O)NC[C@H](C)Oc3ccc(C)cc3)c2C1. The summed E-state index contributed by atoms with van der Waals surface area (Å²) < 4.78 is 7.74. The van der Waals surface area contributed by atoms with Crippen LogP contribution in [-0.4, -0.2) is 40.8 Å². The summed E-state index contributed by atoms with van der Waals surface area (Å²) >= 11 is 0. The molecule has 28 heavy (non-hydrogen) atoms. The molecule has 1 aliphatic rings. The Hall–Kier alpha value is -2.83. The average molecular weight is 384 g/mol. The molecule has 0 aliphatic carbocycles. The number of hydrogen-bond acceptors (Lipinski definition) is 4. The van der Waals surface area contributed by atoms with Crippen molar-refractivity contribution < 1.29 is 14.3 Å². The lowest BCUT2D eigenvalue weighted by atomic mass is 9.94. The van der Waals surface area contributed by atoms with Gasteiger partial charge in [0.05, 0.1) is 24.0 Å². The fourth-order valence-electron chi connectivity index (χ4n) is 3.37. The molecule has 7 nitrogen and oxygen atoms in total. The largest absolute Gasteiger partial charge is 0.489 e. The van der Waals surface area contributed by atoms with Gasteiger partial charge in [0.2, 0.25) is 5.91 Å². The second-order valence-electron chi connectivity index (χ2n) is 7.48. The van der Waals surface area contributed by atoms with Crippen LogP contribution in [0.4, 0.5) is 0 Å². The van der Waals surface area contributed by atoms with Crippen LogP contribution in [-0.2, 0) is 17.8 Å². The molecule has 2 atom stereocenters. The van der Waals surface area contributed by atoms with Crippen molar-refractivity contribution in [3.8, 4) is 5.75 Å². The third-order valence-electron chi connectivity index (χ3n) is 4.97. The topological polar surface area (TPSA) is 85.2 Å². The summed E-state index contributed by atoms with van der Waals surface area (Å²) in [7, 11) is 0. The molecule has 0 unspecified atom stereocenters. The van der Waals surface area contributed by atoms with Crippen LogP contribution >= 0.6 is 0 Å². The highest BCUT2D eigenvalue weighted by molar-refractivity contribution is 5.95. The van der Waals surface area contributed by atoms with Gasteiger partial charge in [0.25, 0.3) is 5.91 Å². The van der Waals surface area contributed by atoms with Crippen molar-refractivity contribution in [2.24, 2.45) is 5.92 Å². The van der Waals surface area contributed by atoms with E-state index in [9.17, 15) is 9.59 Å². The van der Waals surface area contributed by atoms with E-state index in [1.165, 1.54) is 12.5 Å². The van der Waals surface area contributed by atoms with Gasteiger partial charge in [-0.25, -0.2) is 0 Å². The quantitative estimate of drug-likeness (QED) is 0.765. The van der Waals surface area contributed by atoms with Crippen molar-refractivity contribution >= 4 is 11.8 Å². The molecule has 7 heteroatoms. The van der Waals surface area contributed by atoms with Crippen LogP contribution in [0.25, 0.3) is 0 Å². The van der Waals surface area contributed by atoms with Crippen LogP contribution in [0.15, 0.2) is 30.5 Å². The minimum absolute atomic E-state index is 0.0281. The van der Waals surface area contributed by atoms with Crippen molar-refractivity contribution in [2.45, 2.75) is 46.3 Å². The third-order valence-corrected chi connectivity index (χ3v) is 4.97. The zero-order valence-corrected chi connectivity index (χ0v) is 16.7. The summed E-state index contributed by atoms with van der Waals surface area (Å²) in [4.78, 5) is 23.8. The van der Waals surface area contributed by atoms with Gasteiger partial charge in [-0.1, -0.05) is 17.7 Å². The molecule has 2 N–H and O–H groups in total. The number of aromatic nitrogens is 2. The van der Waals surface area contributed by atoms with Crippen LogP contribution in [0, 0.1) is 12.8 Å². The van der Waals surface area contributed by atoms with Crippen LogP contribution in [0.3, 0.4) is 0 Å². The van der Waals surface area contributed by atoms with Crippen LogP contribution in [0.1, 0.15) is 41.9 Å². The molecule has 2 heterocycles. The molecular weight excluding hydrogens is 356 g/mol. The van der Waals surface area contributed by atoms with Crippen LogP contribution in [0.5, 0.6) is 5.75 Å². The van der Waals surface area contributed by atoms with Crippen molar-refractivity contribution in [2.75, 3.05) is 13.1 Å². The molecule has 1 aromatic heterocycles. The summed E-state index contributed by atoms with van der Waals surface area (Å²) in [5, 5.41) is 10.2. The lowest BCUT2D eigenvalue weighted by molar-refractivity contribution is -0.119. The Bertz CT molecular complexity index is 829. The Kier molecular flexibility index (Phi) is 6.34. The Morgan fingerprint density at radius 1 is 1.29 bits per heavy atom. The van der Waals surface area contributed by atoms with Crippen molar-refractivity contribution in [3.05, 3.63) is 47.3 Å². The lowest BCUT2D eigenvalue weighted by Gasteiger charge is -2.24. The minimum atomic E-state index is -0.148. The number of hydrogen-bond donors (Lipinski definition) is 2. The summed E-state index contributed by atoms with van der Waals surface area (Å²) in [6.07, 6.45) is 3.16. The highest BCUT2D eigenvalue weighted by Gasteiger charge is 2.25. The molecule has 0 radical (unpaired) electrons. The van der Waals surface area contributed by atoms with Crippen molar-refractivity contribution in [1.29, 1.82) is 0 Å². The Labute approximate surface area is 165 Å². The molecule has 150 valence electrons. The Morgan fingerprint density at radius 3 is 2.75 bits per heavy atom. The van der Waals surface area contributed by atoms with Gasteiger partial charge in [0.15, 0.2) is 0 Å². The molecule has 1 aliphatic heterocycles. The number of carbonyl (C=O) groups is 2. The number of carbonyl (C=O) groups excluding carboxylic acids is 2. The summed E-state index contributed by atoms with van der Waals surface area (Å²) in [6.45, 7) is 7.28. The van der Waals surface area contributed by atoms with Crippen molar-refractivity contribution in [3.63, 3.8) is 0 Å². The molecule has 0 saturated heterocycles. The summed E-state index contributed by atoms with van der Waals surface area (Å²) in [6, 6.07) is 7.85. The predicted octanol–water partition coefficient (Wildman–Crippen LogP) is 2.09. The lowest BCUT2D eigenvalue weighted by Crippen LogP contribution is -2.35. The van der Waals surface area contributed by atoms with E-state index < -0.39 is 0 Å². The van der Waals surface area contributed by atoms with Gasteiger partial charge in [-0.15, -0.1) is 0 Å². The van der Waals surface area contributed by atoms with E-state index in [-0.39, 0.29) is 17.9 Å². The van der Waals surface area contributed by atoms with Gasteiger partial charge in [-0.05, 0) is 44.7 Å². The van der Waals surface area contributed by atoms with E-state index in [2.05, 4.69) is 15.7 Å². The Morgan fingerprint density at radius 2 is 2.04 bits per heavy atom. The van der Waals surface area contributed by atoms with Crippen LogP contribution in [0.2, 0.25) is 0 Å². The molecule has 0 spiro atoms. The number of benzene rings is 1. The second kappa shape index (κ2) is 8.91. The second-order valence-corrected chi connectivity index (χ2v) is 7.48. The number of nitrogens with zero attached hydrogens (tertiary/aromatic N) is 2. The predicted molar refractivity (Wildman–Crippen MR) is 106 cm³/mol. The maximum Gasteiger partial charge on any atom is 0.254 e. The monoisotopic (exact) mass is 384 g/mol. The van der Waals surface area contributed by atoms with E-state index >= 15 is 0 Å². The number of aryl methyl sites for hydroxylation is 2. The smallest absolute Gasteiger partial charge is 0.254 e. The molecular formula is C21H28N4O3. The molecule has 1 aromatic carbocycles. The number of rotatable bonds is 7. The van der Waals surface area contributed by atoms with E-state index in [4.69, 9.17) is 4.74 Å². The molecule has 3 rings (SSSR count). The first-order valence-corrected chi connectivity index (χ1v) is 9.73. The molecule has 0 saturated carbocycles. The van der Waals surface area contributed by atoms with E-state index in [1.54, 1.807) is 6.20 Å². The summed E-state index contributed by atoms with van der Waals surface area (Å²) in [5.74, 6) is 0.944. The van der Waals surface area contributed by atoms with E-state index in [0.717, 1.165) is 30.8 Å². The minimum Gasteiger partial charge on any atom is -0.489 e. The maximum absolute atomic E-state index is 12.7. The number of nitrogens with one attached hydrogen (secondary N) is 2. The maximum atomic E-state index is 12.7. The number of fused-ring (bicyclic) bond motifs is 1. The molecule has 2 aromatic rings. The fourth-order valence-corrected chi connectivity index (χ4v) is 3.37.